The zero-order valence-corrected chi connectivity index (χ0v) is 20.3. The summed E-state index contributed by atoms with van der Waals surface area (Å²) in [7, 11) is 1.59. The summed E-state index contributed by atoms with van der Waals surface area (Å²) in [6.07, 6.45) is 4.24. The van der Waals surface area contributed by atoms with E-state index in [0.717, 1.165) is 32.2 Å². The van der Waals surface area contributed by atoms with E-state index in [2.05, 4.69) is 16.0 Å². The molecule has 0 aromatic rings. The lowest BCUT2D eigenvalue weighted by molar-refractivity contribution is -0.140. The molecule has 180 valence electrons. The second kappa shape index (κ2) is 17.8. The third kappa shape index (κ3) is 14.8. The van der Waals surface area contributed by atoms with E-state index < -0.39 is 11.9 Å². The molecule has 0 fully saturated rings. The largest absolute Gasteiger partial charge is 0.368 e. The van der Waals surface area contributed by atoms with Crippen molar-refractivity contribution in [1.29, 1.82) is 0 Å². The first-order valence-electron chi connectivity index (χ1n) is 11.1. The average Bonchev–Trinajstić information content (AvgIpc) is 2.72. The number of primary amides is 1. The molecule has 31 heavy (non-hydrogen) atoms. The van der Waals surface area contributed by atoms with Crippen molar-refractivity contribution < 1.29 is 19.2 Å². The maximum Gasteiger partial charge on any atom is 0.240 e. The number of nitrogens with zero attached hydrogens (tertiary/aromatic N) is 1. The van der Waals surface area contributed by atoms with Gasteiger partial charge in [-0.2, -0.15) is 11.8 Å². The van der Waals surface area contributed by atoms with E-state index in [4.69, 9.17) is 5.73 Å². The van der Waals surface area contributed by atoms with Gasteiger partial charge in [-0.15, -0.1) is 0 Å². The van der Waals surface area contributed by atoms with E-state index in [1.54, 1.807) is 20.9 Å². The molecule has 0 aliphatic carbocycles. The Balaban J connectivity index is 3.78. The second-order valence-corrected chi connectivity index (χ2v) is 8.86. The molecule has 0 saturated carbocycles. The van der Waals surface area contributed by atoms with Gasteiger partial charge >= 0.3 is 0 Å². The summed E-state index contributed by atoms with van der Waals surface area (Å²) in [4.78, 5) is 48.4. The Bertz CT molecular complexity index is 560. The number of likely N-dealkylation sites (N-methyl/N-ethyl adjacent to an activating group) is 2. The van der Waals surface area contributed by atoms with Crippen molar-refractivity contribution in [2.75, 3.05) is 44.7 Å². The standard InChI is InChI=1S/C21H41N5O4S/c1-5-23-14-18(27)24-11-8-6-7-9-12-25-19(28)15-31-13-10-17(20(22)29)26(4)21(30)16(2)3/h16-17,23H,5-15H2,1-4H3,(H2,22,29)(H,24,27)(H,25,28). The number of amides is 4. The molecule has 0 heterocycles. The van der Waals surface area contributed by atoms with Gasteiger partial charge in [-0.1, -0.05) is 33.6 Å². The smallest absolute Gasteiger partial charge is 0.240 e. The van der Waals surface area contributed by atoms with Crippen LogP contribution in [0.4, 0.5) is 0 Å². The monoisotopic (exact) mass is 459 g/mol. The lowest BCUT2D eigenvalue weighted by atomic mass is 10.1. The molecular weight excluding hydrogens is 418 g/mol. The van der Waals surface area contributed by atoms with Crippen molar-refractivity contribution in [3.63, 3.8) is 0 Å². The molecule has 0 aromatic heterocycles. The number of rotatable bonds is 18. The molecule has 1 unspecified atom stereocenters. The minimum Gasteiger partial charge on any atom is -0.368 e. The maximum absolute atomic E-state index is 12.1. The SMILES string of the molecule is CCNCC(=O)NCCCCCCNC(=O)CSCCC(C(N)=O)N(C)C(=O)C(C)C. The van der Waals surface area contributed by atoms with Gasteiger partial charge in [-0.25, -0.2) is 0 Å². The summed E-state index contributed by atoms with van der Waals surface area (Å²) in [6.45, 7) is 7.96. The number of carbonyl (C=O) groups is 4. The summed E-state index contributed by atoms with van der Waals surface area (Å²) in [6, 6.07) is -0.654. The van der Waals surface area contributed by atoms with Gasteiger partial charge in [0.05, 0.1) is 12.3 Å². The predicted molar refractivity (Wildman–Crippen MR) is 126 cm³/mol. The Labute approximate surface area is 191 Å². The van der Waals surface area contributed by atoms with Gasteiger partial charge in [0, 0.05) is 26.1 Å². The normalized spacial score (nSPS) is 11.8. The zero-order valence-electron chi connectivity index (χ0n) is 19.5. The fourth-order valence-corrected chi connectivity index (χ4v) is 3.68. The van der Waals surface area contributed by atoms with E-state index in [-0.39, 0.29) is 23.6 Å². The predicted octanol–water partition coefficient (Wildman–Crippen LogP) is 0.480. The first-order chi connectivity index (χ1) is 14.7. The van der Waals surface area contributed by atoms with Crippen molar-refractivity contribution in [1.82, 2.24) is 20.9 Å². The van der Waals surface area contributed by atoms with Crippen molar-refractivity contribution >= 4 is 35.4 Å². The molecular formula is C21H41N5O4S. The van der Waals surface area contributed by atoms with Crippen LogP contribution in [0.5, 0.6) is 0 Å². The lowest BCUT2D eigenvalue weighted by Crippen LogP contribution is -2.47. The Kier molecular flexibility index (Phi) is 16.8. The fourth-order valence-electron chi connectivity index (χ4n) is 2.86. The number of hydrogen-bond donors (Lipinski definition) is 4. The topological polar surface area (TPSA) is 134 Å². The van der Waals surface area contributed by atoms with Gasteiger partial charge in [0.25, 0.3) is 0 Å². The summed E-state index contributed by atoms with van der Waals surface area (Å²) < 4.78 is 0. The molecule has 0 saturated heterocycles. The van der Waals surface area contributed by atoms with Gasteiger partial charge in [0.1, 0.15) is 6.04 Å². The average molecular weight is 460 g/mol. The summed E-state index contributed by atoms with van der Waals surface area (Å²) in [5.74, 6) is 0.00430. The highest BCUT2D eigenvalue weighted by Crippen LogP contribution is 2.11. The van der Waals surface area contributed by atoms with E-state index in [1.807, 2.05) is 6.92 Å². The Morgan fingerprint density at radius 1 is 0.968 bits per heavy atom. The van der Waals surface area contributed by atoms with Crippen LogP contribution in [0.15, 0.2) is 0 Å². The van der Waals surface area contributed by atoms with Crippen LogP contribution < -0.4 is 21.7 Å². The molecule has 5 N–H and O–H groups in total. The molecule has 1 atom stereocenters. The van der Waals surface area contributed by atoms with Crippen LogP contribution in [-0.4, -0.2) is 79.3 Å². The van der Waals surface area contributed by atoms with E-state index in [9.17, 15) is 19.2 Å². The second-order valence-electron chi connectivity index (χ2n) is 7.76. The first kappa shape index (κ1) is 29.2. The number of unbranched alkanes of at least 4 members (excludes halogenated alkanes) is 3. The Morgan fingerprint density at radius 2 is 1.55 bits per heavy atom. The van der Waals surface area contributed by atoms with Crippen molar-refractivity contribution in [3.05, 3.63) is 0 Å². The number of hydrogen-bond acceptors (Lipinski definition) is 6. The van der Waals surface area contributed by atoms with Crippen molar-refractivity contribution in [2.24, 2.45) is 11.7 Å². The van der Waals surface area contributed by atoms with Gasteiger partial charge in [0.2, 0.25) is 23.6 Å². The van der Waals surface area contributed by atoms with E-state index >= 15 is 0 Å². The molecule has 0 bridgehead atoms. The number of carbonyl (C=O) groups excluding carboxylic acids is 4. The van der Waals surface area contributed by atoms with Crippen molar-refractivity contribution in [2.45, 2.75) is 58.9 Å². The fraction of sp³-hybridized carbons (Fsp3) is 0.810. The molecule has 0 radical (unpaired) electrons. The summed E-state index contributed by atoms with van der Waals surface area (Å²) >= 11 is 1.42. The molecule has 0 aliphatic rings. The van der Waals surface area contributed by atoms with Crippen LogP contribution in [0.3, 0.4) is 0 Å². The minimum absolute atomic E-state index is 0.0203. The van der Waals surface area contributed by atoms with Crippen LogP contribution in [0.1, 0.15) is 52.9 Å². The van der Waals surface area contributed by atoms with E-state index in [0.29, 0.717) is 37.6 Å². The third-order valence-corrected chi connectivity index (χ3v) is 5.68. The number of nitrogens with one attached hydrogen (secondary N) is 3. The highest BCUT2D eigenvalue weighted by atomic mass is 32.2. The molecule has 0 aliphatic heterocycles. The first-order valence-corrected chi connectivity index (χ1v) is 12.2. The van der Waals surface area contributed by atoms with Gasteiger partial charge in [0.15, 0.2) is 0 Å². The van der Waals surface area contributed by atoms with Crippen LogP contribution in [-0.2, 0) is 19.2 Å². The zero-order chi connectivity index (χ0) is 23.6. The van der Waals surface area contributed by atoms with E-state index in [1.165, 1.54) is 16.7 Å². The van der Waals surface area contributed by atoms with Crippen LogP contribution >= 0.6 is 11.8 Å². The minimum atomic E-state index is -0.654. The number of thioether (sulfide) groups is 1. The molecule has 10 heteroatoms. The highest BCUT2D eigenvalue weighted by molar-refractivity contribution is 7.99. The Hall–Kier alpha value is -1.81. The summed E-state index contributed by atoms with van der Waals surface area (Å²) in [5, 5.41) is 8.73. The van der Waals surface area contributed by atoms with Crippen LogP contribution in [0.2, 0.25) is 0 Å². The quantitative estimate of drug-likeness (QED) is 0.220. The van der Waals surface area contributed by atoms with Crippen LogP contribution in [0.25, 0.3) is 0 Å². The molecule has 9 nitrogen and oxygen atoms in total. The lowest BCUT2D eigenvalue weighted by Gasteiger charge is -2.27. The van der Waals surface area contributed by atoms with Crippen molar-refractivity contribution in [3.8, 4) is 0 Å². The van der Waals surface area contributed by atoms with Crippen LogP contribution in [0, 0.1) is 5.92 Å². The Morgan fingerprint density at radius 3 is 2.06 bits per heavy atom. The van der Waals surface area contributed by atoms with Gasteiger partial charge in [-0.3, -0.25) is 19.2 Å². The van der Waals surface area contributed by atoms with Gasteiger partial charge < -0.3 is 26.6 Å². The van der Waals surface area contributed by atoms with Gasteiger partial charge in [-0.05, 0) is 31.6 Å². The molecule has 0 spiro atoms. The highest BCUT2D eigenvalue weighted by Gasteiger charge is 2.26. The number of nitrogens with two attached hydrogens (primary N) is 1. The summed E-state index contributed by atoms with van der Waals surface area (Å²) in [5.41, 5.74) is 5.43. The third-order valence-electron chi connectivity index (χ3n) is 4.69. The molecule has 4 amide bonds. The maximum atomic E-state index is 12.1. The molecule has 0 rings (SSSR count). The molecule has 0 aromatic carbocycles.